The first-order valence-electron chi connectivity index (χ1n) is 7.03. The van der Waals surface area contributed by atoms with Crippen molar-refractivity contribution in [3.8, 4) is 0 Å². The standard InChI is InChI=1S/C14H18F3N3O3/c1-12(2,3)20-7-9(6-18-20)10(21)19-5-4-13(8-19,11(22)23)14(15,16)17/h6-7H,4-5,8H2,1-3H3,(H,22,23). The maximum absolute atomic E-state index is 13.1. The Hall–Kier alpha value is -2.06. The number of carbonyl (C=O) groups excluding carboxylic acids is 1. The molecule has 0 aliphatic carbocycles. The van der Waals surface area contributed by atoms with E-state index >= 15 is 0 Å². The van der Waals surface area contributed by atoms with Crippen molar-refractivity contribution in [2.45, 2.75) is 38.9 Å². The molecule has 128 valence electrons. The van der Waals surface area contributed by atoms with Crippen molar-refractivity contribution in [2.24, 2.45) is 5.41 Å². The fourth-order valence-corrected chi connectivity index (χ4v) is 2.49. The average molecular weight is 333 g/mol. The highest BCUT2D eigenvalue weighted by Crippen LogP contribution is 2.46. The predicted octanol–water partition coefficient (Wildman–Crippen LogP) is 2.12. The summed E-state index contributed by atoms with van der Waals surface area (Å²) in [6.45, 7) is 4.45. The molecule has 23 heavy (non-hydrogen) atoms. The Labute approximate surface area is 130 Å². The number of rotatable bonds is 2. The van der Waals surface area contributed by atoms with Crippen LogP contribution in [0.5, 0.6) is 0 Å². The number of alkyl halides is 3. The summed E-state index contributed by atoms with van der Waals surface area (Å²) >= 11 is 0. The predicted molar refractivity (Wildman–Crippen MR) is 73.9 cm³/mol. The van der Waals surface area contributed by atoms with E-state index in [0.29, 0.717) is 0 Å². The van der Waals surface area contributed by atoms with Crippen molar-refractivity contribution < 1.29 is 27.9 Å². The van der Waals surface area contributed by atoms with Crippen molar-refractivity contribution in [3.05, 3.63) is 18.0 Å². The van der Waals surface area contributed by atoms with Crippen molar-refractivity contribution >= 4 is 11.9 Å². The molecule has 2 heterocycles. The molecule has 0 bridgehead atoms. The molecule has 1 fully saturated rings. The Morgan fingerprint density at radius 1 is 1.30 bits per heavy atom. The van der Waals surface area contributed by atoms with E-state index in [4.69, 9.17) is 5.11 Å². The highest BCUT2D eigenvalue weighted by Gasteiger charge is 2.64. The van der Waals surface area contributed by atoms with Gasteiger partial charge in [-0.15, -0.1) is 0 Å². The van der Waals surface area contributed by atoms with Gasteiger partial charge >= 0.3 is 12.1 Å². The maximum atomic E-state index is 13.1. The average Bonchev–Trinajstić information content (AvgIpc) is 3.04. The first kappa shape index (κ1) is 17.3. The van der Waals surface area contributed by atoms with Crippen LogP contribution in [0.25, 0.3) is 0 Å². The van der Waals surface area contributed by atoms with Crippen LogP contribution in [-0.2, 0) is 10.3 Å². The third-order valence-corrected chi connectivity index (χ3v) is 4.03. The highest BCUT2D eigenvalue weighted by atomic mass is 19.4. The van der Waals surface area contributed by atoms with Crippen molar-refractivity contribution in [3.63, 3.8) is 0 Å². The molecule has 2 rings (SSSR count). The monoisotopic (exact) mass is 333 g/mol. The number of carboxylic acids is 1. The van der Waals surface area contributed by atoms with Gasteiger partial charge < -0.3 is 10.0 Å². The smallest absolute Gasteiger partial charge is 0.406 e. The van der Waals surface area contributed by atoms with Crippen LogP contribution in [0, 0.1) is 5.41 Å². The van der Waals surface area contributed by atoms with Crippen molar-refractivity contribution in [1.29, 1.82) is 0 Å². The fourth-order valence-electron chi connectivity index (χ4n) is 2.49. The van der Waals surface area contributed by atoms with Gasteiger partial charge in [-0.3, -0.25) is 14.3 Å². The Kier molecular flexibility index (Phi) is 3.94. The highest BCUT2D eigenvalue weighted by molar-refractivity contribution is 5.94. The zero-order valence-corrected chi connectivity index (χ0v) is 13.0. The van der Waals surface area contributed by atoms with Crippen LogP contribution < -0.4 is 0 Å². The largest absolute Gasteiger partial charge is 0.481 e. The van der Waals surface area contributed by atoms with E-state index in [9.17, 15) is 22.8 Å². The molecule has 1 unspecified atom stereocenters. The molecule has 0 spiro atoms. The van der Waals surface area contributed by atoms with E-state index in [0.717, 1.165) is 4.90 Å². The number of amides is 1. The van der Waals surface area contributed by atoms with Crippen LogP contribution in [0.4, 0.5) is 13.2 Å². The van der Waals surface area contributed by atoms with Crippen LogP contribution in [0.15, 0.2) is 12.4 Å². The summed E-state index contributed by atoms with van der Waals surface area (Å²) in [6.07, 6.45) is -2.83. The summed E-state index contributed by atoms with van der Waals surface area (Å²) in [5, 5.41) is 13.0. The SMILES string of the molecule is CC(C)(C)n1cc(C(=O)N2CCC(C(=O)O)(C(F)(F)F)C2)cn1. The zero-order valence-electron chi connectivity index (χ0n) is 13.0. The third kappa shape index (κ3) is 2.91. The van der Waals surface area contributed by atoms with Crippen molar-refractivity contribution in [1.82, 2.24) is 14.7 Å². The van der Waals surface area contributed by atoms with Crippen LogP contribution >= 0.6 is 0 Å². The number of aromatic nitrogens is 2. The number of carbonyl (C=O) groups is 2. The molecule has 1 aromatic rings. The summed E-state index contributed by atoms with van der Waals surface area (Å²) in [4.78, 5) is 24.4. The molecule has 1 atom stereocenters. The minimum absolute atomic E-state index is 0.142. The summed E-state index contributed by atoms with van der Waals surface area (Å²) < 4.78 is 40.9. The van der Waals surface area contributed by atoms with Crippen LogP contribution in [0.3, 0.4) is 0 Å². The Morgan fingerprint density at radius 3 is 2.30 bits per heavy atom. The van der Waals surface area contributed by atoms with Crippen LogP contribution in [0.1, 0.15) is 37.6 Å². The molecular weight excluding hydrogens is 315 g/mol. The van der Waals surface area contributed by atoms with Gasteiger partial charge in [-0.2, -0.15) is 18.3 Å². The van der Waals surface area contributed by atoms with Gasteiger partial charge in [0.25, 0.3) is 5.91 Å². The van der Waals surface area contributed by atoms with Crippen LogP contribution in [0.2, 0.25) is 0 Å². The normalized spacial score (nSPS) is 22.4. The van der Waals surface area contributed by atoms with E-state index in [-0.39, 0.29) is 17.6 Å². The van der Waals surface area contributed by atoms with E-state index in [1.807, 2.05) is 20.8 Å². The first-order chi connectivity index (χ1) is 10.4. The van der Waals surface area contributed by atoms with Gasteiger partial charge in [-0.1, -0.05) is 0 Å². The van der Waals surface area contributed by atoms with Gasteiger partial charge in [0.1, 0.15) is 0 Å². The minimum Gasteiger partial charge on any atom is -0.481 e. The molecule has 0 saturated carbocycles. The molecule has 1 N–H and O–H groups in total. The van der Waals surface area contributed by atoms with E-state index in [1.54, 1.807) is 0 Å². The first-order valence-corrected chi connectivity index (χ1v) is 7.03. The second kappa shape index (κ2) is 5.24. The molecule has 1 aliphatic rings. The van der Waals surface area contributed by atoms with Gasteiger partial charge in [0, 0.05) is 19.3 Å². The number of nitrogens with zero attached hydrogens (tertiary/aromatic N) is 3. The van der Waals surface area contributed by atoms with Gasteiger partial charge in [0.15, 0.2) is 5.41 Å². The molecule has 1 aromatic heterocycles. The van der Waals surface area contributed by atoms with Gasteiger partial charge in [-0.05, 0) is 27.2 Å². The molecule has 0 radical (unpaired) electrons. The molecule has 6 nitrogen and oxygen atoms in total. The third-order valence-electron chi connectivity index (χ3n) is 4.03. The van der Waals surface area contributed by atoms with E-state index in [2.05, 4.69) is 5.10 Å². The summed E-state index contributed by atoms with van der Waals surface area (Å²) in [5.41, 5.74) is -3.13. The molecular formula is C14H18F3N3O3. The summed E-state index contributed by atoms with van der Waals surface area (Å²) in [5.74, 6) is -2.60. The topological polar surface area (TPSA) is 75.4 Å². The van der Waals surface area contributed by atoms with Crippen LogP contribution in [-0.4, -0.2) is 50.9 Å². The number of hydrogen-bond acceptors (Lipinski definition) is 3. The lowest BCUT2D eigenvalue weighted by atomic mass is 9.86. The van der Waals surface area contributed by atoms with E-state index in [1.165, 1.54) is 17.1 Å². The maximum Gasteiger partial charge on any atom is 0.406 e. The number of likely N-dealkylation sites (tertiary alicyclic amines) is 1. The lowest BCUT2D eigenvalue weighted by Gasteiger charge is -2.27. The summed E-state index contributed by atoms with van der Waals surface area (Å²) in [6, 6.07) is 0. The second-order valence-corrected chi connectivity index (χ2v) is 6.71. The lowest BCUT2D eigenvalue weighted by molar-refractivity contribution is -0.227. The molecule has 0 aromatic carbocycles. The number of hydrogen-bond donors (Lipinski definition) is 1. The lowest BCUT2D eigenvalue weighted by Crippen LogP contribution is -2.47. The number of carboxylic acid groups (broad SMARTS) is 1. The van der Waals surface area contributed by atoms with Gasteiger partial charge in [0.05, 0.1) is 17.3 Å². The van der Waals surface area contributed by atoms with E-state index < -0.39 is 36.4 Å². The number of halogens is 3. The Bertz CT molecular complexity index is 633. The zero-order chi connectivity index (χ0) is 17.6. The second-order valence-electron chi connectivity index (χ2n) is 6.71. The van der Waals surface area contributed by atoms with Gasteiger partial charge in [-0.25, -0.2) is 0 Å². The van der Waals surface area contributed by atoms with Gasteiger partial charge in [0.2, 0.25) is 0 Å². The number of aliphatic carboxylic acids is 1. The Balaban J connectivity index is 2.23. The Morgan fingerprint density at radius 2 is 1.91 bits per heavy atom. The molecule has 1 aliphatic heterocycles. The van der Waals surface area contributed by atoms with Crippen molar-refractivity contribution in [2.75, 3.05) is 13.1 Å². The minimum atomic E-state index is -4.91. The fraction of sp³-hybridized carbons (Fsp3) is 0.643. The summed E-state index contributed by atoms with van der Waals surface area (Å²) in [7, 11) is 0. The molecule has 9 heteroatoms. The quantitative estimate of drug-likeness (QED) is 0.899. The molecule has 1 saturated heterocycles. The molecule has 1 amide bonds.